The lowest BCUT2D eigenvalue weighted by atomic mass is 9.52. The van der Waals surface area contributed by atoms with Gasteiger partial charge in [-0.2, -0.15) is 0 Å². The highest BCUT2D eigenvalue weighted by Gasteiger charge is 2.69. The van der Waals surface area contributed by atoms with E-state index in [1.165, 1.54) is 11.0 Å². The fraction of sp³-hybridized carbons (Fsp3) is 0.464. The number of likely N-dealkylation sites (N-methyl/N-ethyl adjacent to an activating group) is 1. The molecule has 39 heavy (non-hydrogen) atoms. The molecule has 2 unspecified atom stereocenters. The number of benzene rings is 1. The minimum Gasteiger partial charge on any atom is -0.507 e. The molecule has 206 valence electrons. The summed E-state index contributed by atoms with van der Waals surface area (Å²) in [5.74, 6) is -10.5. The van der Waals surface area contributed by atoms with Crippen LogP contribution in [0.2, 0.25) is 0 Å². The number of hydrogen-bond acceptors (Lipinski definition) is 9. The van der Waals surface area contributed by atoms with Crippen LogP contribution >= 0.6 is 0 Å². The number of hydrogen-bond donors (Lipinski definition) is 4. The molecule has 5 N–H and O–H groups in total. The highest BCUT2D eigenvalue weighted by molar-refractivity contribution is 6.32. The summed E-state index contributed by atoms with van der Waals surface area (Å²) in [6, 6.07) is 5.79. The molecule has 1 aromatic carbocycles. The lowest BCUT2D eigenvalue weighted by Gasteiger charge is -2.52. The van der Waals surface area contributed by atoms with Gasteiger partial charge >= 0.3 is 0 Å². The van der Waals surface area contributed by atoms with Gasteiger partial charge in [0.05, 0.1) is 17.5 Å². The van der Waals surface area contributed by atoms with Crippen molar-refractivity contribution in [2.45, 2.75) is 31.0 Å². The molecule has 0 aliphatic heterocycles. The number of primary amides is 1. The van der Waals surface area contributed by atoms with Crippen molar-refractivity contribution in [2.24, 2.45) is 29.4 Å². The Balaban J connectivity index is 1.62. The maximum Gasteiger partial charge on any atom is 0.235 e. The van der Waals surface area contributed by atoms with Crippen molar-refractivity contribution < 1.29 is 34.2 Å². The molecule has 0 radical (unpaired) electrons. The minimum absolute atomic E-state index is 0.00952. The zero-order chi connectivity index (χ0) is 28.5. The van der Waals surface area contributed by atoms with E-state index in [0.29, 0.717) is 17.7 Å². The van der Waals surface area contributed by atoms with Gasteiger partial charge in [-0.05, 0) is 76.8 Å². The molecule has 3 aliphatic rings. The van der Waals surface area contributed by atoms with E-state index in [1.54, 1.807) is 20.2 Å². The van der Waals surface area contributed by atoms with Crippen molar-refractivity contribution in [1.82, 2.24) is 14.8 Å². The van der Waals surface area contributed by atoms with Gasteiger partial charge in [-0.3, -0.25) is 28.9 Å². The van der Waals surface area contributed by atoms with E-state index in [1.807, 2.05) is 31.1 Å². The van der Waals surface area contributed by atoms with Crippen LogP contribution in [-0.4, -0.2) is 93.9 Å². The number of phenols is 1. The number of ketones is 4. The van der Waals surface area contributed by atoms with Crippen LogP contribution in [0.5, 0.6) is 5.75 Å². The van der Waals surface area contributed by atoms with Crippen LogP contribution in [0.1, 0.15) is 28.0 Å². The number of carbonyl (C=O) groups excluding carboxylic acids is 5. The third kappa shape index (κ3) is 3.87. The molecule has 5 rings (SSSR count). The summed E-state index contributed by atoms with van der Waals surface area (Å²) >= 11 is 0. The van der Waals surface area contributed by atoms with Gasteiger partial charge in [-0.1, -0.05) is 0 Å². The highest BCUT2D eigenvalue weighted by atomic mass is 16.3. The molecule has 6 atom stereocenters. The number of nitrogens with zero attached hydrogens (tertiary/aromatic N) is 2. The number of aromatic nitrogens is 1. The number of carbonyl (C=O) groups is 5. The van der Waals surface area contributed by atoms with Crippen molar-refractivity contribution in [3.05, 3.63) is 41.1 Å². The fourth-order valence-corrected chi connectivity index (χ4v) is 6.89. The number of nitrogens with one attached hydrogen (secondary N) is 1. The van der Waals surface area contributed by atoms with Crippen molar-refractivity contribution in [3.8, 4) is 17.0 Å². The maximum absolute atomic E-state index is 13.9. The standard InChI is InChI=1S/C28H32N4O7/c1-31(2)11-13-5-7-17(30-13)14-6-8-18(33)20-15(14)9-12-10-16-22(32(3)4)24(35)21(27(29)38)26(37)28(16,39)25(36)19(12)23(20)34/h5-8,12,16,19,21-22,30,33,39H,9-11H2,1-4H3,(H2,29,38)/t12-,16-,19?,21?,22-,28-/m0/s1. The van der Waals surface area contributed by atoms with Gasteiger partial charge in [0.25, 0.3) is 0 Å². The van der Waals surface area contributed by atoms with Crippen LogP contribution in [0.3, 0.4) is 0 Å². The Morgan fingerprint density at radius 3 is 2.38 bits per heavy atom. The second kappa shape index (κ2) is 9.22. The summed E-state index contributed by atoms with van der Waals surface area (Å²) in [6.45, 7) is 0.666. The largest absolute Gasteiger partial charge is 0.507 e. The fourth-order valence-electron chi connectivity index (χ4n) is 6.89. The third-order valence-electron chi connectivity index (χ3n) is 8.47. The molecule has 0 bridgehead atoms. The van der Waals surface area contributed by atoms with E-state index in [9.17, 15) is 34.2 Å². The first kappa shape index (κ1) is 26.9. The Hall–Kier alpha value is -3.67. The van der Waals surface area contributed by atoms with Gasteiger partial charge in [-0.15, -0.1) is 0 Å². The van der Waals surface area contributed by atoms with E-state index in [4.69, 9.17) is 5.73 Å². The number of Topliss-reactive ketones (excluding diaryl/α,β-unsaturated/α-hetero) is 4. The molecule has 2 aromatic rings. The van der Waals surface area contributed by atoms with Crippen LogP contribution in [0.15, 0.2) is 24.3 Å². The molecule has 2 saturated carbocycles. The average Bonchev–Trinajstić information content (AvgIpc) is 3.28. The Bertz CT molecular complexity index is 1430. The lowest BCUT2D eigenvalue weighted by molar-refractivity contribution is -0.181. The highest BCUT2D eigenvalue weighted by Crippen LogP contribution is 2.51. The van der Waals surface area contributed by atoms with Crippen LogP contribution in [0.4, 0.5) is 0 Å². The molecule has 11 nitrogen and oxygen atoms in total. The van der Waals surface area contributed by atoms with Crippen molar-refractivity contribution >= 4 is 29.0 Å². The molecule has 3 aliphatic carbocycles. The topological polar surface area (TPSA) is 174 Å². The summed E-state index contributed by atoms with van der Waals surface area (Å²) in [7, 11) is 7.00. The number of aromatic hydroxyl groups is 1. The van der Waals surface area contributed by atoms with E-state index in [2.05, 4.69) is 4.98 Å². The van der Waals surface area contributed by atoms with Gasteiger partial charge in [0.1, 0.15) is 5.75 Å². The third-order valence-corrected chi connectivity index (χ3v) is 8.47. The van der Waals surface area contributed by atoms with Gasteiger partial charge < -0.3 is 25.8 Å². The van der Waals surface area contributed by atoms with E-state index >= 15 is 0 Å². The molecule has 0 saturated heterocycles. The van der Waals surface area contributed by atoms with Crippen LogP contribution in [0, 0.1) is 23.7 Å². The number of fused-ring (bicyclic) bond motifs is 3. The van der Waals surface area contributed by atoms with E-state index in [0.717, 1.165) is 11.4 Å². The summed E-state index contributed by atoms with van der Waals surface area (Å²) in [6.07, 6.45) is 0.215. The minimum atomic E-state index is -2.73. The second-order valence-electron chi connectivity index (χ2n) is 11.4. The number of aliphatic hydroxyl groups is 1. The molecular weight excluding hydrogens is 504 g/mol. The molecule has 0 spiro atoms. The van der Waals surface area contributed by atoms with Crippen molar-refractivity contribution in [1.29, 1.82) is 0 Å². The predicted molar refractivity (Wildman–Crippen MR) is 139 cm³/mol. The molecule has 1 amide bonds. The number of phenolic OH excluding ortho intramolecular Hbond substituents is 1. The lowest BCUT2D eigenvalue weighted by Crippen LogP contribution is -2.74. The van der Waals surface area contributed by atoms with E-state index < -0.39 is 64.4 Å². The monoisotopic (exact) mass is 536 g/mol. The number of aromatic amines is 1. The zero-order valence-corrected chi connectivity index (χ0v) is 22.2. The zero-order valence-electron chi connectivity index (χ0n) is 22.2. The van der Waals surface area contributed by atoms with Crippen molar-refractivity contribution in [2.75, 3.05) is 28.2 Å². The van der Waals surface area contributed by atoms with E-state index in [-0.39, 0.29) is 24.2 Å². The first-order valence-electron chi connectivity index (χ1n) is 12.8. The van der Waals surface area contributed by atoms with Gasteiger partial charge in [0, 0.05) is 29.4 Å². The second-order valence-corrected chi connectivity index (χ2v) is 11.4. The van der Waals surface area contributed by atoms with Crippen LogP contribution in [0.25, 0.3) is 11.3 Å². The van der Waals surface area contributed by atoms with Crippen LogP contribution in [-0.2, 0) is 32.1 Å². The number of rotatable bonds is 5. The summed E-state index contributed by atoms with van der Waals surface area (Å²) in [5.41, 5.74) is 5.54. The SMILES string of the molecule is CN(C)Cc1ccc(-c2ccc(O)c3c2C[C@H]2C[C@H]4[C@H](N(C)C)C(=O)C(C(N)=O)C(=O)[C@@]4(O)C(=O)C2C3=O)[nH]1. The van der Waals surface area contributed by atoms with Crippen molar-refractivity contribution in [3.63, 3.8) is 0 Å². The Morgan fingerprint density at radius 1 is 1.08 bits per heavy atom. The molecule has 1 heterocycles. The molecule has 1 aromatic heterocycles. The van der Waals surface area contributed by atoms with Gasteiger partial charge in [0.15, 0.2) is 34.7 Å². The Kier molecular flexibility index (Phi) is 6.36. The number of nitrogens with two attached hydrogens (primary N) is 1. The molecule has 2 fully saturated rings. The predicted octanol–water partition coefficient (Wildman–Crippen LogP) is -0.0763. The van der Waals surface area contributed by atoms with Gasteiger partial charge in [0.2, 0.25) is 5.91 Å². The average molecular weight is 537 g/mol. The number of amides is 1. The normalized spacial score (nSPS) is 30.4. The molecule has 11 heteroatoms. The van der Waals surface area contributed by atoms with Crippen LogP contribution < -0.4 is 5.73 Å². The molecular formula is C28H32N4O7. The quantitative estimate of drug-likeness (QED) is 0.381. The first-order valence-corrected chi connectivity index (χ1v) is 12.8. The summed E-state index contributed by atoms with van der Waals surface area (Å²) < 4.78 is 0. The Morgan fingerprint density at radius 2 is 1.77 bits per heavy atom. The smallest absolute Gasteiger partial charge is 0.235 e. The summed E-state index contributed by atoms with van der Waals surface area (Å²) in [5, 5.41) is 22.4. The summed E-state index contributed by atoms with van der Waals surface area (Å²) in [4.78, 5) is 73.2. The maximum atomic E-state index is 13.9. The first-order chi connectivity index (χ1) is 18.3. The van der Waals surface area contributed by atoms with Gasteiger partial charge in [-0.25, -0.2) is 0 Å². The number of H-pyrrole nitrogens is 1. The Labute approximate surface area is 225 Å².